The lowest BCUT2D eigenvalue weighted by Crippen LogP contribution is -2.39. The average Bonchev–Trinajstić information content (AvgIpc) is 2.24. The van der Waals surface area contributed by atoms with Crippen molar-refractivity contribution in [3.63, 3.8) is 0 Å². The minimum Gasteiger partial charge on any atom is -0.314 e. The number of halogens is 1. The van der Waals surface area contributed by atoms with E-state index in [9.17, 15) is 4.39 Å². The van der Waals surface area contributed by atoms with Gasteiger partial charge in [0.1, 0.15) is 5.82 Å². The van der Waals surface area contributed by atoms with E-state index < -0.39 is 0 Å². The molecule has 0 radical (unpaired) electrons. The lowest BCUT2D eigenvalue weighted by atomic mass is 10.2. The summed E-state index contributed by atoms with van der Waals surface area (Å²) >= 11 is 1.73. The van der Waals surface area contributed by atoms with Crippen LogP contribution in [0.3, 0.4) is 0 Å². The Balaban J connectivity index is 2.03. The van der Waals surface area contributed by atoms with Crippen molar-refractivity contribution in [2.45, 2.75) is 11.8 Å². The molecule has 0 aromatic heterocycles. The fourth-order valence-electron chi connectivity index (χ4n) is 1.59. The molecule has 0 bridgehead atoms. The summed E-state index contributed by atoms with van der Waals surface area (Å²) in [5.74, 6) is -0.155. The maximum atomic E-state index is 12.9. The zero-order valence-corrected chi connectivity index (χ0v) is 9.61. The molecule has 4 heteroatoms. The molecule has 2 nitrogen and oxygen atoms in total. The molecule has 1 aliphatic rings. The minimum absolute atomic E-state index is 0.155. The fourth-order valence-corrected chi connectivity index (χ4v) is 2.57. The highest BCUT2D eigenvalue weighted by atomic mass is 32.2. The van der Waals surface area contributed by atoms with Crippen molar-refractivity contribution >= 4 is 11.9 Å². The SMILES string of the molecule is Cc1cc(F)ccc1SN1CCNCC1. The van der Waals surface area contributed by atoms with E-state index in [1.54, 1.807) is 18.0 Å². The molecule has 0 amide bonds. The van der Waals surface area contributed by atoms with Gasteiger partial charge in [0.05, 0.1) is 0 Å². The molecule has 1 fully saturated rings. The van der Waals surface area contributed by atoms with Gasteiger partial charge in [-0.2, -0.15) is 0 Å². The Kier molecular flexibility index (Phi) is 3.61. The van der Waals surface area contributed by atoms with Crippen LogP contribution in [0.15, 0.2) is 23.1 Å². The molecule has 0 saturated carbocycles. The second kappa shape index (κ2) is 4.96. The maximum absolute atomic E-state index is 12.9. The van der Waals surface area contributed by atoms with Crippen molar-refractivity contribution in [1.29, 1.82) is 0 Å². The third-order valence-electron chi connectivity index (χ3n) is 2.44. The van der Waals surface area contributed by atoms with Gasteiger partial charge in [0.2, 0.25) is 0 Å². The van der Waals surface area contributed by atoms with Gasteiger partial charge in [-0.3, -0.25) is 0 Å². The van der Waals surface area contributed by atoms with E-state index >= 15 is 0 Å². The van der Waals surface area contributed by atoms with Gasteiger partial charge in [-0.25, -0.2) is 8.70 Å². The largest absolute Gasteiger partial charge is 0.314 e. The van der Waals surface area contributed by atoms with Crippen LogP contribution in [-0.2, 0) is 0 Å². The third kappa shape index (κ3) is 2.93. The first-order valence-corrected chi connectivity index (χ1v) is 5.93. The van der Waals surface area contributed by atoms with Gasteiger partial charge in [0, 0.05) is 31.1 Å². The summed E-state index contributed by atoms with van der Waals surface area (Å²) in [6.07, 6.45) is 0. The van der Waals surface area contributed by atoms with Gasteiger partial charge in [-0.1, -0.05) is 0 Å². The summed E-state index contributed by atoms with van der Waals surface area (Å²) in [6, 6.07) is 4.97. The van der Waals surface area contributed by atoms with Crippen LogP contribution in [0, 0.1) is 12.7 Å². The quantitative estimate of drug-likeness (QED) is 0.777. The number of hydrogen-bond donors (Lipinski definition) is 1. The van der Waals surface area contributed by atoms with E-state index in [2.05, 4.69) is 9.62 Å². The van der Waals surface area contributed by atoms with Crippen LogP contribution in [0.5, 0.6) is 0 Å². The number of aryl methyl sites for hydroxylation is 1. The van der Waals surface area contributed by atoms with Gasteiger partial charge < -0.3 is 5.32 Å². The maximum Gasteiger partial charge on any atom is 0.123 e. The molecule has 0 aliphatic carbocycles. The van der Waals surface area contributed by atoms with Crippen LogP contribution >= 0.6 is 11.9 Å². The molecule has 1 aromatic rings. The molecule has 1 heterocycles. The van der Waals surface area contributed by atoms with Crippen LogP contribution < -0.4 is 5.32 Å². The van der Waals surface area contributed by atoms with Crippen molar-refractivity contribution in [3.8, 4) is 0 Å². The fraction of sp³-hybridized carbons (Fsp3) is 0.455. The Hall–Kier alpha value is -0.580. The number of rotatable bonds is 2. The summed E-state index contributed by atoms with van der Waals surface area (Å²) in [5.41, 5.74) is 1.01. The second-order valence-electron chi connectivity index (χ2n) is 3.68. The van der Waals surface area contributed by atoms with E-state index in [-0.39, 0.29) is 5.82 Å². The number of benzene rings is 1. The van der Waals surface area contributed by atoms with E-state index in [0.717, 1.165) is 36.6 Å². The number of piperazine rings is 1. The zero-order valence-electron chi connectivity index (χ0n) is 8.79. The number of nitrogens with zero attached hydrogens (tertiary/aromatic N) is 1. The van der Waals surface area contributed by atoms with E-state index in [0.29, 0.717) is 0 Å². The summed E-state index contributed by atoms with van der Waals surface area (Å²) in [5, 5.41) is 3.31. The third-order valence-corrected chi connectivity index (χ3v) is 3.72. The highest BCUT2D eigenvalue weighted by Crippen LogP contribution is 2.26. The Morgan fingerprint density at radius 2 is 2.07 bits per heavy atom. The predicted molar refractivity (Wildman–Crippen MR) is 61.4 cm³/mol. The van der Waals surface area contributed by atoms with Gasteiger partial charge >= 0.3 is 0 Å². The first-order valence-electron chi connectivity index (χ1n) is 5.15. The molecule has 1 N–H and O–H groups in total. The molecular weight excluding hydrogens is 211 g/mol. The molecule has 0 unspecified atom stereocenters. The highest BCUT2D eigenvalue weighted by Gasteiger charge is 2.12. The standard InChI is InChI=1S/C11H15FN2S/c1-9-8-10(12)2-3-11(9)15-14-6-4-13-5-7-14/h2-3,8,13H,4-7H2,1H3. The lowest BCUT2D eigenvalue weighted by molar-refractivity contribution is 0.396. The van der Waals surface area contributed by atoms with Gasteiger partial charge in [-0.15, -0.1) is 0 Å². The summed E-state index contributed by atoms with van der Waals surface area (Å²) in [6.45, 7) is 6.11. The molecule has 1 saturated heterocycles. The number of nitrogens with one attached hydrogen (secondary N) is 1. The molecule has 15 heavy (non-hydrogen) atoms. The molecule has 0 atom stereocenters. The van der Waals surface area contributed by atoms with Crippen LogP contribution in [0.1, 0.15) is 5.56 Å². The van der Waals surface area contributed by atoms with Crippen molar-refractivity contribution in [2.75, 3.05) is 26.2 Å². The Morgan fingerprint density at radius 3 is 2.73 bits per heavy atom. The number of hydrogen-bond acceptors (Lipinski definition) is 3. The molecule has 1 aliphatic heterocycles. The topological polar surface area (TPSA) is 15.3 Å². The van der Waals surface area contributed by atoms with Crippen molar-refractivity contribution < 1.29 is 4.39 Å². The summed E-state index contributed by atoms with van der Waals surface area (Å²) in [7, 11) is 0. The van der Waals surface area contributed by atoms with Gasteiger partial charge in [0.15, 0.2) is 0 Å². The van der Waals surface area contributed by atoms with Crippen molar-refractivity contribution in [1.82, 2.24) is 9.62 Å². The highest BCUT2D eigenvalue weighted by molar-refractivity contribution is 7.97. The van der Waals surface area contributed by atoms with Gasteiger partial charge in [-0.05, 0) is 42.6 Å². The molecule has 1 aromatic carbocycles. The Labute approximate surface area is 94.0 Å². The molecule has 2 rings (SSSR count). The molecule has 0 spiro atoms. The first kappa shape index (κ1) is 10.9. The summed E-state index contributed by atoms with van der Waals surface area (Å²) < 4.78 is 15.2. The molecular formula is C11H15FN2S. The zero-order chi connectivity index (χ0) is 10.7. The Bertz CT molecular complexity index is 337. The van der Waals surface area contributed by atoms with Crippen LogP contribution in [0.25, 0.3) is 0 Å². The minimum atomic E-state index is -0.155. The molecule has 82 valence electrons. The van der Waals surface area contributed by atoms with Crippen LogP contribution in [0.4, 0.5) is 4.39 Å². The average molecular weight is 226 g/mol. The van der Waals surface area contributed by atoms with E-state index in [4.69, 9.17) is 0 Å². The van der Waals surface area contributed by atoms with E-state index in [1.807, 2.05) is 13.0 Å². The lowest BCUT2D eigenvalue weighted by Gasteiger charge is -2.26. The summed E-state index contributed by atoms with van der Waals surface area (Å²) in [4.78, 5) is 1.15. The van der Waals surface area contributed by atoms with Crippen LogP contribution in [-0.4, -0.2) is 30.5 Å². The van der Waals surface area contributed by atoms with E-state index in [1.165, 1.54) is 6.07 Å². The van der Waals surface area contributed by atoms with Gasteiger partial charge in [0.25, 0.3) is 0 Å². The van der Waals surface area contributed by atoms with Crippen molar-refractivity contribution in [2.24, 2.45) is 0 Å². The normalized spacial score (nSPS) is 18.0. The monoisotopic (exact) mass is 226 g/mol. The second-order valence-corrected chi connectivity index (χ2v) is 4.82. The van der Waals surface area contributed by atoms with Crippen molar-refractivity contribution in [3.05, 3.63) is 29.6 Å². The smallest absolute Gasteiger partial charge is 0.123 e. The Morgan fingerprint density at radius 1 is 1.33 bits per heavy atom. The van der Waals surface area contributed by atoms with Crippen LogP contribution in [0.2, 0.25) is 0 Å². The predicted octanol–water partition coefficient (Wildman–Crippen LogP) is 2.05. The first-order chi connectivity index (χ1) is 7.25.